The third-order valence-electron chi connectivity index (χ3n) is 6.96. The summed E-state index contributed by atoms with van der Waals surface area (Å²) in [7, 11) is 1.69. The van der Waals surface area contributed by atoms with Crippen LogP contribution in [0.1, 0.15) is 71.4 Å². The van der Waals surface area contributed by atoms with Crippen molar-refractivity contribution in [3.8, 4) is 0 Å². The molecule has 2 aromatic heterocycles. The molecule has 3 heterocycles. The van der Waals surface area contributed by atoms with E-state index in [-0.39, 0.29) is 35.8 Å². The van der Waals surface area contributed by atoms with Crippen LogP contribution in [0.5, 0.6) is 0 Å². The summed E-state index contributed by atoms with van der Waals surface area (Å²) < 4.78 is 27.0. The number of amides is 2. The van der Waals surface area contributed by atoms with Gasteiger partial charge in [0.1, 0.15) is 17.1 Å². The van der Waals surface area contributed by atoms with E-state index < -0.39 is 5.60 Å². The summed E-state index contributed by atoms with van der Waals surface area (Å²) in [4.78, 5) is 34.3. The highest BCUT2D eigenvalue weighted by molar-refractivity contribution is 5.85. The molecule has 1 unspecified atom stereocenters. The zero-order valence-corrected chi connectivity index (χ0v) is 22.1. The average Bonchev–Trinajstić information content (AvgIpc) is 3.38. The van der Waals surface area contributed by atoms with Gasteiger partial charge in [-0.1, -0.05) is 0 Å². The van der Waals surface area contributed by atoms with Crippen molar-refractivity contribution in [2.45, 2.75) is 84.0 Å². The molecule has 1 saturated carbocycles. The molecule has 4 rings (SSSR count). The Bertz CT molecular complexity index is 1090. The second-order valence-electron chi connectivity index (χ2n) is 11.1. The van der Waals surface area contributed by atoms with Crippen molar-refractivity contribution in [2.75, 3.05) is 26.8 Å². The van der Waals surface area contributed by atoms with Crippen LogP contribution in [-0.4, -0.2) is 69.8 Å². The summed E-state index contributed by atoms with van der Waals surface area (Å²) >= 11 is 0. The second-order valence-corrected chi connectivity index (χ2v) is 11.1. The van der Waals surface area contributed by atoms with Gasteiger partial charge in [-0.15, -0.1) is 0 Å². The molecule has 0 N–H and O–H groups in total. The molecule has 0 bridgehead atoms. The first-order valence-electron chi connectivity index (χ1n) is 13.0. The lowest BCUT2D eigenvalue weighted by molar-refractivity contribution is -0.138. The fourth-order valence-corrected chi connectivity index (χ4v) is 5.06. The van der Waals surface area contributed by atoms with Gasteiger partial charge < -0.3 is 23.8 Å². The van der Waals surface area contributed by atoms with Crippen LogP contribution in [-0.2, 0) is 20.8 Å². The van der Waals surface area contributed by atoms with Gasteiger partial charge in [-0.05, 0) is 65.9 Å². The molecule has 2 fully saturated rings. The summed E-state index contributed by atoms with van der Waals surface area (Å²) in [6.07, 6.45) is 7.27. The number of likely N-dealkylation sites (tertiary alicyclic amines) is 1. The van der Waals surface area contributed by atoms with Crippen LogP contribution >= 0.6 is 0 Å². The number of rotatable bonds is 9. The standard InChI is InChI=1S/C27H39FN4O4/c1-18(23-17-30(11-6-7-13-35-5)24-22(23)14-20(28)15-29-24)32(21-8-9-21)25(33)19-10-12-31(16-19)26(34)36-27(2,3)4/h14-15,17-19,21H,6-13,16H2,1-5H3/t18?,19-/m1/s1. The van der Waals surface area contributed by atoms with E-state index in [0.29, 0.717) is 26.1 Å². The van der Waals surface area contributed by atoms with Crippen LogP contribution in [0.3, 0.4) is 0 Å². The highest BCUT2D eigenvalue weighted by atomic mass is 19.1. The molecule has 0 spiro atoms. The zero-order chi connectivity index (χ0) is 26.0. The van der Waals surface area contributed by atoms with Crippen molar-refractivity contribution in [1.29, 1.82) is 0 Å². The maximum absolute atomic E-state index is 14.2. The number of hydrogen-bond acceptors (Lipinski definition) is 5. The summed E-state index contributed by atoms with van der Waals surface area (Å²) in [5.74, 6) is -0.597. The molecule has 2 amide bonds. The number of carbonyl (C=O) groups excluding carboxylic acids is 2. The van der Waals surface area contributed by atoms with E-state index in [2.05, 4.69) is 9.55 Å². The predicted octanol–water partition coefficient (Wildman–Crippen LogP) is 4.91. The summed E-state index contributed by atoms with van der Waals surface area (Å²) in [6.45, 7) is 9.84. The number of hydrogen-bond donors (Lipinski definition) is 0. The Morgan fingerprint density at radius 1 is 1.25 bits per heavy atom. The highest BCUT2D eigenvalue weighted by Gasteiger charge is 2.42. The van der Waals surface area contributed by atoms with Gasteiger partial charge in [0.2, 0.25) is 5.91 Å². The molecule has 0 radical (unpaired) electrons. The number of fused-ring (bicyclic) bond motifs is 1. The van der Waals surface area contributed by atoms with E-state index in [1.165, 1.54) is 12.3 Å². The van der Waals surface area contributed by atoms with Crippen LogP contribution < -0.4 is 0 Å². The third-order valence-corrected chi connectivity index (χ3v) is 6.96. The minimum absolute atomic E-state index is 0.0569. The molecule has 2 atom stereocenters. The fourth-order valence-electron chi connectivity index (χ4n) is 5.06. The minimum Gasteiger partial charge on any atom is -0.444 e. The molecule has 36 heavy (non-hydrogen) atoms. The van der Waals surface area contributed by atoms with Crippen molar-refractivity contribution >= 4 is 23.0 Å². The lowest BCUT2D eigenvalue weighted by Gasteiger charge is -2.32. The molecule has 0 aromatic carbocycles. The quantitative estimate of drug-likeness (QED) is 0.456. The Morgan fingerprint density at radius 2 is 2.00 bits per heavy atom. The summed E-state index contributed by atoms with van der Waals surface area (Å²) in [5.41, 5.74) is 1.07. The zero-order valence-electron chi connectivity index (χ0n) is 22.1. The number of ether oxygens (including phenoxy) is 2. The van der Waals surface area contributed by atoms with Crippen LogP contribution in [0.15, 0.2) is 18.5 Å². The molecule has 9 heteroatoms. The number of unbranched alkanes of at least 4 members (excludes halogenated alkanes) is 1. The smallest absolute Gasteiger partial charge is 0.410 e. The lowest BCUT2D eigenvalue weighted by Crippen LogP contribution is -2.41. The molecule has 1 saturated heterocycles. The first-order chi connectivity index (χ1) is 17.1. The van der Waals surface area contributed by atoms with Gasteiger partial charge in [-0.2, -0.15) is 0 Å². The third kappa shape index (κ3) is 5.99. The van der Waals surface area contributed by atoms with E-state index in [9.17, 15) is 14.0 Å². The van der Waals surface area contributed by atoms with E-state index >= 15 is 0 Å². The normalized spacial score (nSPS) is 19.1. The molecular weight excluding hydrogens is 463 g/mol. The summed E-state index contributed by atoms with van der Waals surface area (Å²) in [5, 5.41) is 0.745. The van der Waals surface area contributed by atoms with Crippen LogP contribution in [0, 0.1) is 11.7 Å². The molecule has 2 aliphatic rings. The first kappa shape index (κ1) is 26.4. The Hall–Kier alpha value is -2.68. The molecule has 1 aliphatic carbocycles. The lowest BCUT2D eigenvalue weighted by atomic mass is 10.0. The number of nitrogens with zero attached hydrogens (tertiary/aromatic N) is 4. The van der Waals surface area contributed by atoms with Crippen LogP contribution in [0.2, 0.25) is 0 Å². The molecule has 1 aliphatic heterocycles. The van der Waals surface area contributed by atoms with Gasteiger partial charge in [-0.3, -0.25) is 4.79 Å². The van der Waals surface area contributed by atoms with Gasteiger partial charge >= 0.3 is 6.09 Å². The molecule has 2 aromatic rings. The second kappa shape index (κ2) is 10.7. The fraction of sp³-hybridized carbons (Fsp3) is 0.667. The van der Waals surface area contributed by atoms with Crippen molar-refractivity contribution in [3.63, 3.8) is 0 Å². The molecule has 198 valence electrons. The number of aryl methyl sites for hydroxylation is 1. The van der Waals surface area contributed by atoms with E-state index in [1.807, 2.05) is 38.8 Å². The van der Waals surface area contributed by atoms with Gasteiger partial charge in [0.15, 0.2) is 0 Å². The largest absolute Gasteiger partial charge is 0.444 e. The Labute approximate surface area is 212 Å². The topological polar surface area (TPSA) is 76.9 Å². The Kier molecular flexibility index (Phi) is 7.87. The molecule has 8 nitrogen and oxygen atoms in total. The maximum atomic E-state index is 14.2. The van der Waals surface area contributed by atoms with Crippen molar-refractivity contribution < 1.29 is 23.5 Å². The number of methoxy groups -OCH3 is 1. The van der Waals surface area contributed by atoms with E-state index in [0.717, 1.165) is 48.8 Å². The highest BCUT2D eigenvalue weighted by Crippen LogP contribution is 2.39. The van der Waals surface area contributed by atoms with Gasteiger partial charge in [0.25, 0.3) is 0 Å². The van der Waals surface area contributed by atoms with Gasteiger partial charge in [0, 0.05) is 56.5 Å². The monoisotopic (exact) mass is 502 g/mol. The number of aromatic nitrogens is 2. The maximum Gasteiger partial charge on any atom is 0.410 e. The van der Waals surface area contributed by atoms with Crippen LogP contribution in [0.25, 0.3) is 11.0 Å². The van der Waals surface area contributed by atoms with Crippen LogP contribution in [0.4, 0.5) is 9.18 Å². The van der Waals surface area contributed by atoms with Gasteiger partial charge in [-0.25, -0.2) is 14.2 Å². The average molecular weight is 503 g/mol. The van der Waals surface area contributed by atoms with Crippen molar-refractivity contribution in [1.82, 2.24) is 19.4 Å². The van der Waals surface area contributed by atoms with Crippen molar-refractivity contribution in [2.24, 2.45) is 5.92 Å². The molecular formula is C27H39FN4O4. The Balaban J connectivity index is 1.54. The van der Waals surface area contributed by atoms with Gasteiger partial charge in [0.05, 0.1) is 18.2 Å². The number of carbonyl (C=O) groups is 2. The van der Waals surface area contributed by atoms with Crippen molar-refractivity contribution in [3.05, 3.63) is 29.8 Å². The number of halogens is 1. The predicted molar refractivity (Wildman–Crippen MR) is 135 cm³/mol. The number of pyridine rings is 1. The van der Waals surface area contributed by atoms with E-state index in [1.54, 1.807) is 12.0 Å². The summed E-state index contributed by atoms with van der Waals surface area (Å²) in [6, 6.07) is 1.46. The minimum atomic E-state index is -0.575. The Morgan fingerprint density at radius 3 is 2.67 bits per heavy atom. The SMILES string of the molecule is COCCCCn1cc(C(C)N(C(=O)[C@@H]2CCN(C(=O)OC(C)(C)C)C2)C2CC2)c2cc(F)cnc21. The first-order valence-corrected chi connectivity index (χ1v) is 13.0. The van der Waals surface area contributed by atoms with E-state index in [4.69, 9.17) is 9.47 Å².